The van der Waals surface area contributed by atoms with E-state index in [4.69, 9.17) is 9.47 Å². The van der Waals surface area contributed by atoms with Gasteiger partial charge in [-0.2, -0.15) is 0 Å². The molecule has 5 nitrogen and oxygen atoms in total. The number of phenols is 1. The average Bonchev–Trinajstić information content (AvgIpc) is 2.92. The molecular formula is C19H12Br2O5. The van der Waals surface area contributed by atoms with E-state index in [0.29, 0.717) is 27.6 Å². The van der Waals surface area contributed by atoms with Gasteiger partial charge in [0.15, 0.2) is 6.29 Å². The monoisotopic (exact) mass is 478 g/mol. The highest BCUT2D eigenvalue weighted by molar-refractivity contribution is 9.10. The maximum Gasteiger partial charge on any atom is 0.347 e. The van der Waals surface area contributed by atoms with Crippen molar-refractivity contribution in [3.05, 3.63) is 67.8 Å². The van der Waals surface area contributed by atoms with Crippen molar-refractivity contribution in [2.75, 3.05) is 7.11 Å². The molecule has 7 heteroatoms. The van der Waals surface area contributed by atoms with E-state index in [1.807, 2.05) is 6.07 Å². The molecule has 0 unspecified atom stereocenters. The van der Waals surface area contributed by atoms with Crippen LogP contribution in [0.1, 0.15) is 11.1 Å². The minimum atomic E-state index is -0.710. The van der Waals surface area contributed by atoms with Gasteiger partial charge in [-0.1, -0.05) is 12.1 Å². The number of ether oxygens (including phenoxy) is 2. The molecule has 1 aliphatic rings. The molecule has 0 fully saturated rings. The molecule has 1 heterocycles. The molecule has 2 aromatic rings. The van der Waals surface area contributed by atoms with Crippen LogP contribution in [-0.4, -0.2) is 24.5 Å². The van der Waals surface area contributed by atoms with Gasteiger partial charge in [0.25, 0.3) is 0 Å². The summed E-state index contributed by atoms with van der Waals surface area (Å²) < 4.78 is 11.7. The molecule has 0 radical (unpaired) electrons. The number of rotatable bonds is 4. The lowest BCUT2D eigenvalue weighted by molar-refractivity contribution is -0.133. The summed E-state index contributed by atoms with van der Waals surface area (Å²) in [6, 6.07) is 10.1. The molecule has 1 aliphatic heterocycles. The van der Waals surface area contributed by atoms with Gasteiger partial charge < -0.3 is 14.6 Å². The van der Waals surface area contributed by atoms with Crippen LogP contribution in [0.15, 0.2) is 56.7 Å². The molecule has 3 rings (SSSR count). The van der Waals surface area contributed by atoms with Crippen molar-refractivity contribution in [2.24, 2.45) is 0 Å². The fourth-order valence-electron chi connectivity index (χ4n) is 2.53. The summed E-state index contributed by atoms with van der Waals surface area (Å²) >= 11 is 6.64. The van der Waals surface area contributed by atoms with Gasteiger partial charge in [0, 0.05) is 5.57 Å². The fourth-order valence-corrected chi connectivity index (χ4v) is 3.47. The lowest BCUT2D eigenvalue weighted by Crippen LogP contribution is -1.99. The second-order valence-corrected chi connectivity index (χ2v) is 7.07. The number of hydrogen-bond donors (Lipinski definition) is 1. The molecule has 0 aliphatic carbocycles. The first-order valence-electron chi connectivity index (χ1n) is 7.40. The van der Waals surface area contributed by atoms with Gasteiger partial charge in [0.1, 0.15) is 22.8 Å². The van der Waals surface area contributed by atoms with Crippen molar-refractivity contribution < 1.29 is 24.2 Å². The Balaban J connectivity index is 2.12. The summed E-state index contributed by atoms with van der Waals surface area (Å²) in [5.74, 6) is 0.268. The molecule has 0 amide bonds. The molecule has 0 spiro atoms. The highest BCUT2D eigenvalue weighted by Crippen LogP contribution is 2.38. The van der Waals surface area contributed by atoms with Crippen LogP contribution in [0.2, 0.25) is 0 Å². The van der Waals surface area contributed by atoms with Crippen LogP contribution in [0.4, 0.5) is 0 Å². The summed E-state index contributed by atoms with van der Waals surface area (Å²) in [6.45, 7) is 0. The zero-order chi connectivity index (χ0) is 18.8. The number of halogens is 2. The van der Waals surface area contributed by atoms with E-state index in [-0.39, 0.29) is 17.1 Å². The van der Waals surface area contributed by atoms with Crippen LogP contribution in [-0.2, 0) is 14.3 Å². The van der Waals surface area contributed by atoms with E-state index in [1.54, 1.807) is 37.5 Å². The Labute approximate surface area is 166 Å². The van der Waals surface area contributed by atoms with E-state index in [1.165, 1.54) is 6.07 Å². The largest absolute Gasteiger partial charge is 0.507 e. The number of allylic oxidation sites excluding steroid dienone is 1. The molecule has 0 atom stereocenters. The number of esters is 1. The average molecular weight is 480 g/mol. The lowest BCUT2D eigenvalue weighted by atomic mass is 9.99. The Kier molecular flexibility index (Phi) is 5.29. The maximum absolute atomic E-state index is 12.1. The molecule has 0 aromatic heterocycles. The Morgan fingerprint density at radius 1 is 1.12 bits per heavy atom. The van der Waals surface area contributed by atoms with Gasteiger partial charge in [-0.05, 0) is 73.3 Å². The Morgan fingerprint density at radius 3 is 2.50 bits per heavy atom. The molecule has 132 valence electrons. The van der Waals surface area contributed by atoms with Crippen LogP contribution in [0.3, 0.4) is 0 Å². The molecule has 26 heavy (non-hydrogen) atoms. The highest BCUT2D eigenvalue weighted by Gasteiger charge is 2.31. The molecular weight excluding hydrogens is 468 g/mol. The predicted octanol–water partition coefficient (Wildman–Crippen LogP) is 4.48. The van der Waals surface area contributed by atoms with Crippen molar-refractivity contribution in [2.45, 2.75) is 0 Å². The zero-order valence-electron chi connectivity index (χ0n) is 13.5. The number of phenolic OH excluding ortho intramolecular Hbond substituents is 1. The van der Waals surface area contributed by atoms with Crippen LogP contribution in [0.25, 0.3) is 11.6 Å². The summed E-state index contributed by atoms with van der Waals surface area (Å²) in [5.41, 5.74) is 1.63. The van der Waals surface area contributed by atoms with Crippen LogP contribution in [0, 0.1) is 0 Å². The summed E-state index contributed by atoms with van der Waals surface area (Å²) in [6.07, 6.45) is 2.14. The smallest absolute Gasteiger partial charge is 0.347 e. The van der Waals surface area contributed by atoms with Crippen LogP contribution < -0.4 is 4.74 Å². The summed E-state index contributed by atoms with van der Waals surface area (Å²) in [4.78, 5) is 23.5. The first kappa shape index (κ1) is 18.4. The second-order valence-electron chi connectivity index (χ2n) is 5.36. The predicted molar refractivity (Wildman–Crippen MR) is 104 cm³/mol. The molecule has 2 aromatic carbocycles. The molecule has 1 N–H and O–H groups in total. The van der Waals surface area contributed by atoms with E-state index >= 15 is 0 Å². The first-order valence-corrected chi connectivity index (χ1v) is 8.99. The van der Waals surface area contributed by atoms with E-state index < -0.39 is 5.97 Å². The van der Waals surface area contributed by atoms with Gasteiger partial charge in [0.05, 0.1) is 16.1 Å². The molecule has 0 saturated carbocycles. The second kappa shape index (κ2) is 7.47. The third-order valence-electron chi connectivity index (χ3n) is 3.77. The van der Waals surface area contributed by atoms with Gasteiger partial charge in [0.2, 0.25) is 0 Å². The highest BCUT2D eigenvalue weighted by atomic mass is 79.9. The fraction of sp³-hybridized carbons (Fsp3) is 0.0526. The lowest BCUT2D eigenvalue weighted by Gasteiger charge is -2.08. The Morgan fingerprint density at radius 2 is 1.88 bits per heavy atom. The SMILES string of the molecule is COc1ccc(/C=C2\OC(=O)C(C=O)=C2c2ccc(O)c(Br)c2)cc1Br. The quantitative estimate of drug-likeness (QED) is 0.397. The summed E-state index contributed by atoms with van der Waals surface area (Å²) in [7, 11) is 1.57. The number of carbonyl (C=O) groups excluding carboxylic acids is 2. The number of aromatic hydroxyl groups is 1. The third kappa shape index (κ3) is 3.45. The van der Waals surface area contributed by atoms with Gasteiger partial charge >= 0.3 is 5.97 Å². The number of methoxy groups -OCH3 is 1. The number of benzene rings is 2. The van der Waals surface area contributed by atoms with Crippen molar-refractivity contribution in [1.82, 2.24) is 0 Å². The minimum Gasteiger partial charge on any atom is -0.507 e. The Bertz CT molecular complexity index is 976. The van der Waals surface area contributed by atoms with Gasteiger partial charge in [-0.3, -0.25) is 4.79 Å². The van der Waals surface area contributed by atoms with Crippen molar-refractivity contribution in [1.29, 1.82) is 0 Å². The van der Waals surface area contributed by atoms with Crippen LogP contribution in [0.5, 0.6) is 11.5 Å². The number of cyclic esters (lactones) is 1. The normalized spacial score (nSPS) is 15.3. The number of carbonyl (C=O) groups is 2. The van der Waals surface area contributed by atoms with Gasteiger partial charge in [-0.25, -0.2) is 4.79 Å². The number of hydrogen-bond acceptors (Lipinski definition) is 5. The standard InChI is InChI=1S/C19H12Br2O5/c1-25-16-5-2-10(6-14(16)21)7-17-18(12(9-22)19(24)26-17)11-3-4-15(23)13(20)8-11/h2-9,23H,1H3/b17-7-. The van der Waals surface area contributed by atoms with Crippen molar-refractivity contribution in [3.63, 3.8) is 0 Å². The van der Waals surface area contributed by atoms with Crippen molar-refractivity contribution in [3.8, 4) is 11.5 Å². The molecule has 0 bridgehead atoms. The zero-order valence-corrected chi connectivity index (χ0v) is 16.6. The topological polar surface area (TPSA) is 72.8 Å². The molecule has 0 saturated heterocycles. The maximum atomic E-state index is 12.1. The third-order valence-corrected chi connectivity index (χ3v) is 5.02. The first-order chi connectivity index (χ1) is 12.4. The van der Waals surface area contributed by atoms with Crippen LogP contribution >= 0.6 is 31.9 Å². The minimum absolute atomic E-state index is 0.0526. The van der Waals surface area contributed by atoms with E-state index in [9.17, 15) is 14.7 Å². The van der Waals surface area contributed by atoms with E-state index in [2.05, 4.69) is 31.9 Å². The van der Waals surface area contributed by atoms with Gasteiger partial charge in [-0.15, -0.1) is 0 Å². The van der Waals surface area contributed by atoms with E-state index in [0.717, 1.165) is 10.0 Å². The summed E-state index contributed by atoms with van der Waals surface area (Å²) in [5, 5.41) is 9.68. The Hall–Kier alpha value is -2.38. The van der Waals surface area contributed by atoms with Crippen molar-refractivity contribution >= 4 is 55.8 Å². The number of aldehydes is 1.